The summed E-state index contributed by atoms with van der Waals surface area (Å²) >= 11 is 0. The zero-order chi connectivity index (χ0) is 22.3. The van der Waals surface area contributed by atoms with E-state index in [2.05, 4.69) is 4.98 Å². The van der Waals surface area contributed by atoms with Gasteiger partial charge in [0.2, 0.25) is 0 Å². The maximum atomic E-state index is 12.3. The van der Waals surface area contributed by atoms with Crippen molar-refractivity contribution in [1.29, 1.82) is 0 Å². The molecule has 160 valence electrons. The molecule has 0 saturated heterocycles. The smallest absolute Gasteiger partial charge is 0.331 e. The molecule has 0 unspecified atom stereocenters. The molecular weight excluding hydrogens is 404 g/mol. The highest BCUT2D eigenvalue weighted by molar-refractivity contribution is 5.87. The Bertz CT molecular complexity index is 1310. The van der Waals surface area contributed by atoms with Gasteiger partial charge in [-0.25, -0.2) is 9.78 Å². The van der Waals surface area contributed by atoms with E-state index in [1.807, 2.05) is 73.7 Å². The molecule has 4 rings (SSSR count). The fraction of sp³-hybridized carbons (Fsp3) is 0.115. The Labute approximate surface area is 185 Å². The van der Waals surface area contributed by atoms with Gasteiger partial charge in [0.15, 0.2) is 0 Å². The van der Waals surface area contributed by atoms with Crippen molar-refractivity contribution in [2.45, 2.75) is 20.1 Å². The Kier molecular flexibility index (Phi) is 6.41. The zero-order valence-corrected chi connectivity index (χ0v) is 17.6. The van der Waals surface area contributed by atoms with E-state index in [0.717, 1.165) is 22.6 Å². The van der Waals surface area contributed by atoms with E-state index in [-0.39, 0.29) is 12.2 Å². The van der Waals surface area contributed by atoms with Crippen molar-refractivity contribution in [3.05, 3.63) is 118 Å². The van der Waals surface area contributed by atoms with Crippen molar-refractivity contribution in [3.8, 4) is 5.75 Å². The molecule has 6 nitrogen and oxygen atoms in total. The molecular formula is C26H22N2O4. The quantitative estimate of drug-likeness (QED) is 0.325. The molecule has 2 aromatic carbocycles. The van der Waals surface area contributed by atoms with Gasteiger partial charge in [-0.3, -0.25) is 9.20 Å². The number of fused-ring (bicyclic) bond motifs is 1. The third-order valence-electron chi connectivity index (χ3n) is 4.84. The van der Waals surface area contributed by atoms with Gasteiger partial charge in [0.25, 0.3) is 5.56 Å². The first kappa shape index (κ1) is 21.1. The van der Waals surface area contributed by atoms with Gasteiger partial charge in [0, 0.05) is 17.8 Å². The molecule has 32 heavy (non-hydrogen) atoms. The lowest BCUT2D eigenvalue weighted by Crippen LogP contribution is -2.18. The number of pyridine rings is 1. The normalized spacial score (nSPS) is 11.0. The standard InChI is InChI=1S/C26H22N2O4/c1-19-6-5-9-24-27-22(16-25(29)28(19)24)18-32-26(30)15-12-20-10-13-23(14-11-20)31-17-21-7-3-2-4-8-21/h2-16H,17-18H2,1H3/b15-12+. The molecule has 2 aromatic heterocycles. The number of esters is 1. The Hall–Kier alpha value is -4.19. The van der Waals surface area contributed by atoms with Crippen LogP contribution < -0.4 is 10.3 Å². The van der Waals surface area contributed by atoms with E-state index in [1.165, 1.54) is 16.5 Å². The molecule has 0 bridgehead atoms. The summed E-state index contributed by atoms with van der Waals surface area (Å²) in [6.07, 6.45) is 3.01. The second kappa shape index (κ2) is 9.75. The minimum Gasteiger partial charge on any atom is -0.489 e. The lowest BCUT2D eigenvalue weighted by Gasteiger charge is -2.07. The predicted octanol–water partition coefficient (Wildman–Crippen LogP) is 4.34. The highest BCUT2D eigenvalue weighted by Gasteiger charge is 2.06. The lowest BCUT2D eigenvalue weighted by atomic mass is 10.2. The van der Waals surface area contributed by atoms with E-state index in [9.17, 15) is 9.59 Å². The van der Waals surface area contributed by atoms with Crippen LogP contribution in [0.4, 0.5) is 0 Å². The van der Waals surface area contributed by atoms with Gasteiger partial charge in [-0.05, 0) is 48.4 Å². The minimum absolute atomic E-state index is 0.0743. The van der Waals surface area contributed by atoms with Gasteiger partial charge in [-0.15, -0.1) is 0 Å². The molecule has 0 N–H and O–H groups in total. The fourth-order valence-electron chi connectivity index (χ4n) is 3.21. The van der Waals surface area contributed by atoms with Gasteiger partial charge in [-0.1, -0.05) is 48.5 Å². The first-order valence-corrected chi connectivity index (χ1v) is 10.2. The number of carbonyl (C=O) groups is 1. The zero-order valence-electron chi connectivity index (χ0n) is 17.6. The lowest BCUT2D eigenvalue weighted by molar-refractivity contribution is -0.139. The Morgan fingerprint density at radius 2 is 1.75 bits per heavy atom. The van der Waals surface area contributed by atoms with Crippen LogP contribution in [-0.4, -0.2) is 15.4 Å². The summed E-state index contributed by atoms with van der Waals surface area (Å²) in [5, 5.41) is 0. The topological polar surface area (TPSA) is 69.9 Å². The third-order valence-corrected chi connectivity index (χ3v) is 4.84. The molecule has 0 radical (unpaired) electrons. The van der Waals surface area contributed by atoms with Crippen LogP contribution >= 0.6 is 0 Å². The monoisotopic (exact) mass is 426 g/mol. The highest BCUT2D eigenvalue weighted by atomic mass is 16.5. The van der Waals surface area contributed by atoms with Crippen LogP contribution in [-0.2, 0) is 22.7 Å². The Morgan fingerprint density at radius 1 is 0.969 bits per heavy atom. The fourth-order valence-corrected chi connectivity index (χ4v) is 3.21. The summed E-state index contributed by atoms with van der Waals surface area (Å²) in [6.45, 7) is 2.26. The number of aromatic nitrogens is 2. The number of ether oxygens (including phenoxy) is 2. The summed E-state index contributed by atoms with van der Waals surface area (Å²) in [4.78, 5) is 28.7. The van der Waals surface area contributed by atoms with Crippen molar-refractivity contribution in [2.75, 3.05) is 0 Å². The van der Waals surface area contributed by atoms with Crippen LogP contribution in [0.25, 0.3) is 11.7 Å². The molecule has 0 spiro atoms. The second-order valence-electron chi connectivity index (χ2n) is 7.23. The molecule has 0 saturated carbocycles. The molecule has 0 amide bonds. The van der Waals surface area contributed by atoms with E-state index in [1.54, 1.807) is 12.1 Å². The molecule has 0 aliphatic carbocycles. The van der Waals surface area contributed by atoms with E-state index < -0.39 is 5.97 Å². The highest BCUT2D eigenvalue weighted by Crippen LogP contribution is 2.15. The van der Waals surface area contributed by atoms with Crippen LogP contribution in [0.3, 0.4) is 0 Å². The van der Waals surface area contributed by atoms with E-state index >= 15 is 0 Å². The molecule has 0 aliphatic rings. The Morgan fingerprint density at radius 3 is 2.53 bits per heavy atom. The van der Waals surface area contributed by atoms with Crippen LogP contribution in [0.15, 0.2) is 89.7 Å². The number of hydrogen-bond acceptors (Lipinski definition) is 5. The van der Waals surface area contributed by atoms with E-state index in [4.69, 9.17) is 9.47 Å². The van der Waals surface area contributed by atoms with Gasteiger partial charge in [0.05, 0.1) is 5.69 Å². The summed E-state index contributed by atoms with van der Waals surface area (Å²) in [5.41, 5.74) is 3.45. The van der Waals surface area contributed by atoms with Gasteiger partial charge < -0.3 is 9.47 Å². The first-order valence-electron chi connectivity index (χ1n) is 10.2. The number of benzene rings is 2. The van der Waals surface area contributed by atoms with Crippen molar-refractivity contribution in [2.24, 2.45) is 0 Å². The SMILES string of the molecule is Cc1cccc2nc(COC(=O)/C=C/c3ccc(OCc4ccccc4)cc3)cc(=O)n12. The minimum atomic E-state index is -0.513. The van der Waals surface area contributed by atoms with E-state index in [0.29, 0.717) is 17.9 Å². The average molecular weight is 426 g/mol. The number of aryl methyl sites for hydroxylation is 1. The summed E-state index contributed by atoms with van der Waals surface area (Å²) < 4.78 is 12.5. The number of rotatable bonds is 7. The predicted molar refractivity (Wildman–Crippen MR) is 122 cm³/mol. The third kappa shape index (κ3) is 5.29. The molecule has 0 atom stereocenters. The molecule has 4 aromatic rings. The van der Waals surface area contributed by atoms with Crippen LogP contribution in [0.1, 0.15) is 22.5 Å². The number of nitrogens with zero attached hydrogens (tertiary/aromatic N) is 2. The number of hydrogen-bond donors (Lipinski definition) is 0. The second-order valence-corrected chi connectivity index (χ2v) is 7.23. The molecule has 0 aliphatic heterocycles. The van der Waals surface area contributed by atoms with Crippen molar-refractivity contribution in [3.63, 3.8) is 0 Å². The summed E-state index contributed by atoms with van der Waals surface area (Å²) in [6, 6.07) is 24.1. The van der Waals surface area contributed by atoms with Crippen LogP contribution in [0, 0.1) is 6.92 Å². The Balaban J connectivity index is 1.31. The largest absolute Gasteiger partial charge is 0.489 e. The molecule has 6 heteroatoms. The van der Waals surface area contributed by atoms with Crippen molar-refractivity contribution >= 4 is 17.7 Å². The van der Waals surface area contributed by atoms with Gasteiger partial charge in [0.1, 0.15) is 24.6 Å². The van der Waals surface area contributed by atoms with Crippen molar-refractivity contribution < 1.29 is 14.3 Å². The molecule has 0 fully saturated rings. The first-order chi connectivity index (χ1) is 15.6. The van der Waals surface area contributed by atoms with Crippen molar-refractivity contribution in [1.82, 2.24) is 9.38 Å². The maximum Gasteiger partial charge on any atom is 0.331 e. The molecule has 2 heterocycles. The summed E-state index contributed by atoms with van der Waals surface area (Å²) in [7, 11) is 0. The van der Waals surface area contributed by atoms with Gasteiger partial charge in [-0.2, -0.15) is 0 Å². The van der Waals surface area contributed by atoms with Crippen LogP contribution in [0.5, 0.6) is 5.75 Å². The van der Waals surface area contributed by atoms with Crippen LogP contribution in [0.2, 0.25) is 0 Å². The average Bonchev–Trinajstić information content (AvgIpc) is 2.81. The maximum absolute atomic E-state index is 12.3. The summed E-state index contributed by atoms with van der Waals surface area (Å²) in [5.74, 6) is 0.234. The number of carbonyl (C=O) groups excluding carboxylic acids is 1. The van der Waals surface area contributed by atoms with Gasteiger partial charge >= 0.3 is 5.97 Å².